The van der Waals surface area contributed by atoms with Crippen LogP contribution in [-0.2, 0) is 12.3 Å². The van der Waals surface area contributed by atoms with Crippen LogP contribution in [0.15, 0.2) is 52.2 Å². The van der Waals surface area contributed by atoms with Gasteiger partial charge in [-0.15, -0.1) is 11.8 Å². The molecule has 0 amide bonds. The number of aromatic hydroxyl groups is 1. The summed E-state index contributed by atoms with van der Waals surface area (Å²) >= 11 is 1.55. The molecule has 0 spiro atoms. The van der Waals surface area contributed by atoms with Gasteiger partial charge in [-0.25, -0.2) is 0 Å². The van der Waals surface area contributed by atoms with Gasteiger partial charge in [-0.3, -0.25) is 9.78 Å². The second-order valence-electron chi connectivity index (χ2n) is 6.28. The number of benzene rings is 1. The lowest BCUT2D eigenvalue weighted by Crippen LogP contribution is -2.22. The third kappa shape index (κ3) is 2.74. The molecule has 126 valence electrons. The summed E-state index contributed by atoms with van der Waals surface area (Å²) in [7, 11) is 0. The highest BCUT2D eigenvalue weighted by Gasteiger charge is 2.25. The smallest absolute Gasteiger partial charge is 0.259 e. The standard InChI is InChI=1S/C20H18N2O2S/c1-12-8-14-10-22-17(19(14)21-13(12)2)9-18(23)16(20(22)24)11-25-15-6-4-3-5-7-15/h3-9,23H,10-11H2,1-2H3. The summed E-state index contributed by atoms with van der Waals surface area (Å²) in [6.45, 7) is 4.50. The Morgan fingerprint density at radius 1 is 1.20 bits per heavy atom. The molecule has 5 heteroatoms. The molecule has 3 aromatic rings. The summed E-state index contributed by atoms with van der Waals surface area (Å²) in [4.78, 5) is 18.6. The van der Waals surface area contributed by atoms with Gasteiger partial charge in [-0.05, 0) is 31.5 Å². The maximum Gasteiger partial charge on any atom is 0.259 e. The van der Waals surface area contributed by atoms with Gasteiger partial charge >= 0.3 is 0 Å². The van der Waals surface area contributed by atoms with Crippen LogP contribution < -0.4 is 5.56 Å². The van der Waals surface area contributed by atoms with E-state index in [4.69, 9.17) is 0 Å². The summed E-state index contributed by atoms with van der Waals surface area (Å²) in [6, 6.07) is 13.6. The van der Waals surface area contributed by atoms with Crippen LogP contribution in [0.1, 0.15) is 22.4 Å². The highest BCUT2D eigenvalue weighted by atomic mass is 32.2. The molecule has 0 saturated carbocycles. The van der Waals surface area contributed by atoms with Crippen molar-refractivity contribution in [2.45, 2.75) is 31.0 Å². The number of hydrogen-bond acceptors (Lipinski definition) is 4. The molecule has 1 N–H and O–H groups in total. The van der Waals surface area contributed by atoms with E-state index in [2.05, 4.69) is 11.1 Å². The Kier molecular flexibility index (Phi) is 3.88. The van der Waals surface area contributed by atoms with Gasteiger partial charge in [0, 0.05) is 28.0 Å². The topological polar surface area (TPSA) is 55.1 Å². The minimum Gasteiger partial charge on any atom is -0.507 e. The molecule has 0 aliphatic carbocycles. The molecule has 0 atom stereocenters. The first-order valence-corrected chi connectivity index (χ1v) is 9.14. The highest BCUT2D eigenvalue weighted by molar-refractivity contribution is 7.98. The van der Waals surface area contributed by atoms with Crippen LogP contribution in [0.3, 0.4) is 0 Å². The highest BCUT2D eigenvalue weighted by Crippen LogP contribution is 2.34. The van der Waals surface area contributed by atoms with Gasteiger partial charge in [0.15, 0.2) is 0 Å². The number of rotatable bonds is 3. The molecular weight excluding hydrogens is 332 g/mol. The Morgan fingerprint density at radius 2 is 1.96 bits per heavy atom. The molecule has 25 heavy (non-hydrogen) atoms. The van der Waals surface area contributed by atoms with E-state index in [0.29, 0.717) is 23.6 Å². The molecule has 2 aromatic heterocycles. The summed E-state index contributed by atoms with van der Waals surface area (Å²) in [5.41, 5.74) is 4.91. The lowest BCUT2D eigenvalue weighted by molar-refractivity contribution is 0.467. The SMILES string of the molecule is Cc1cc2c(nc1C)-c1cc(O)c(CSc3ccccc3)c(=O)n1C2. The van der Waals surface area contributed by atoms with Gasteiger partial charge in [-0.2, -0.15) is 0 Å². The van der Waals surface area contributed by atoms with Crippen molar-refractivity contribution in [3.63, 3.8) is 0 Å². The Morgan fingerprint density at radius 3 is 2.72 bits per heavy atom. The Balaban J connectivity index is 1.73. The van der Waals surface area contributed by atoms with Crippen molar-refractivity contribution in [1.82, 2.24) is 9.55 Å². The third-order valence-electron chi connectivity index (χ3n) is 4.62. The number of aromatic nitrogens is 2. The lowest BCUT2D eigenvalue weighted by atomic mass is 10.1. The predicted molar refractivity (Wildman–Crippen MR) is 100 cm³/mol. The quantitative estimate of drug-likeness (QED) is 0.570. The minimum atomic E-state index is -0.133. The Labute approximate surface area is 150 Å². The first kappa shape index (κ1) is 16.0. The number of aryl methyl sites for hydroxylation is 2. The number of nitrogens with zero attached hydrogens (tertiary/aromatic N) is 2. The monoisotopic (exact) mass is 350 g/mol. The molecule has 0 radical (unpaired) electrons. The fraction of sp³-hybridized carbons (Fsp3) is 0.200. The maximum absolute atomic E-state index is 12.9. The predicted octanol–water partition coefficient (Wildman–Crippen LogP) is 3.89. The normalized spacial score (nSPS) is 12.1. The Bertz CT molecular complexity index is 1030. The van der Waals surface area contributed by atoms with Gasteiger partial charge in [-0.1, -0.05) is 24.3 Å². The van der Waals surface area contributed by atoms with E-state index >= 15 is 0 Å². The fourth-order valence-electron chi connectivity index (χ4n) is 3.11. The molecule has 0 bridgehead atoms. The first-order chi connectivity index (χ1) is 12.0. The summed E-state index contributed by atoms with van der Waals surface area (Å²) in [6.07, 6.45) is 0. The molecule has 1 aromatic carbocycles. The molecular formula is C20H18N2O2S. The van der Waals surface area contributed by atoms with Crippen molar-refractivity contribution in [2.75, 3.05) is 0 Å². The van der Waals surface area contributed by atoms with E-state index in [1.165, 1.54) is 0 Å². The molecule has 0 unspecified atom stereocenters. The van der Waals surface area contributed by atoms with Crippen LogP contribution in [0.4, 0.5) is 0 Å². The van der Waals surface area contributed by atoms with E-state index < -0.39 is 0 Å². The summed E-state index contributed by atoms with van der Waals surface area (Å²) in [5, 5.41) is 10.4. The van der Waals surface area contributed by atoms with Crippen LogP contribution in [0, 0.1) is 13.8 Å². The lowest BCUT2D eigenvalue weighted by Gasteiger charge is -2.09. The van der Waals surface area contributed by atoms with Gasteiger partial charge in [0.1, 0.15) is 5.75 Å². The molecule has 4 nitrogen and oxygen atoms in total. The molecule has 1 aliphatic heterocycles. The van der Waals surface area contributed by atoms with Crippen LogP contribution in [0.2, 0.25) is 0 Å². The molecule has 0 saturated heterocycles. The van der Waals surface area contributed by atoms with Crippen molar-refractivity contribution in [2.24, 2.45) is 0 Å². The van der Waals surface area contributed by atoms with E-state index in [1.54, 1.807) is 22.4 Å². The number of thioether (sulfide) groups is 1. The minimum absolute atomic E-state index is 0.0487. The van der Waals surface area contributed by atoms with Gasteiger partial charge < -0.3 is 9.67 Å². The van der Waals surface area contributed by atoms with E-state index in [1.807, 2.05) is 44.2 Å². The van der Waals surface area contributed by atoms with Crippen LogP contribution in [-0.4, -0.2) is 14.7 Å². The third-order valence-corrected chi connectivity index (χ3v) is 5.66. The number of pyridine rings is 2. The summed E-state index contributed by atoms with van der Waals surface area (Å²) < 4.78 is 1.72. The second-order valence-corrected chi connectivity index (χ2v) is 7.33. The second kappa shape index (κ2) is 6.08. The van der Waals surface area contributed by atoms with Crippen LogP contribution >= 0.6 is 11.8 Å². The Hall–Kier alpha value is -2.53. The van der Waals surface area contributed by atoms with Crippen molar-refractivity contribution in [3.05, 3.63) is 75.2 Å². The zero-order valence-electron chi connectivity index (χ0n) is 14.1. The van der Waals surface area contributed by atoms with E-state index in [-0.39, 0.29) is 11.3 Å². The van der Waals surface area contributed by atoms with Crippen LogP contribution in [0.25, 0.3) is 11.4 Å². The zero-order valence-corrected chi connectivity index (χ0v) is 14.9. The van der Waals surface area contributed by atoms with Gasteiger partial charge in [0.05, 0.1) is 23.5 Å². The largest absolute Gasteiger partial charge is 0.507 e. The van der Waals surface area contributed by atoms with Crippen molar-refractivity contribution in [1.29, 1.82) is 0 Å². The van der Waals surface area contributed by atoms with Crippen LogP contribution in [0.5, 0.6) is 5.75 Å². The average molecular weight is 350 g/mol. The molecule has 0 fully saturated rings. The van der Waals surface area contributed by atoms with Crippen molar-refractivity contribution >= 4 is 11.8 Å². The van der Waals surface area contributed by atoms with E-state index in [9.17, 15) is 9.90 Å². The molecule has 1 aliphatic rings. The maximum atomic E-state index is 12.9. The molecule has 3 heterocycles. The van der Waals surface area contributed by atoms with Crippen molar-refractivity contribution < 1.29 is 5.11 Å². The number of hydrogen-bond donors (Lipinski definition) is 1. The van der Waals surface area contributed by atoms with E-state index in [0.717, 1.165) is 27.4 Å². The summed E-state index contributed by atoms with van der Waals surface area (Å²) in [5.74, 6) is 0.490. The van der Waals surface area contributed by atoms with Gasteiger partial charge in [0.2, 0.25) is 0 Å². The van der Waals surface area contributed by atoms with Crippen molar-refractivity contribution in [3.8, 4) is 17.1 Å². The number of fused-ring (bicyclic) bond motifs is 3. The fourth-order valence-corrected chi connectivity index (χ4v) is 4.04. The average Bonchev–Trinajstić information content (AvgIpc) is 2.94. The first-order valence-electron chi connectivity index (χ1n) is 8.15. The van der Waals surface area contributed by atoms with Gasteiger partial charge in [0.25, 0.3) is 5.56 Å². The molecule has 4 rings (SSSR count). The zero-order chi connectivity index (χ0) is 17.6.